The van der Waals surface area contributed by atoms with E-state index < -0.39 is 0 Å². The molecule has 0 bridgehead atoms. The predicted octanol–water partition coefficient (Wildman–Crippen LogP) is 2.53. The Balaban J connectivity index is 1.41. The van der Waals surface area contributed by atoms with Gasteiger partial charge >= 0.3 is 0 Å². The van der Waals surface area contributed by atoms with Gasteiger partial charge in [-0.2, -0.15) is 0 Å². The van der Waals surface area contributed by atoms with Gasteiger partial charge in [0.25, 0.3) is 0 Å². The number of nitrogens with one attached hydrogen (secondary N) is 2. The van der Waals surface area contributed by atoms with Crippen molar-refractivity contribution in [1.82, 2.24) is 20.4 Å². The summed E-state index contributed by atoms with van der Waals surface area (Å²) >= 11 is 0. The van der Waals surface area contributed by atoms with Crippen molar-refractivity contribution in [2.24, 2.45) is 0 Å². The average Bonchev–Trinajstić information content (AvgIpc) is 3.10. The summed E-state index contributed by atoms with van der Waals surface area (Å²) in [5.74, 6) is 0.243. The highest BCUT2D eigenvalue weighted by Gasteiger charge is 2.10. The van der Waals surface area contributed by atoms with E-state index in [0.717, 1.165) is 39.0 Å². The van der Waals surface area contributed by atoms with E-state index in [4.69, 9.17) is 0 Å². The van der Waals surface area contributed by atoms with E-state index in [-0.39, 0.29) is 11.8 Å². The number of likely N-dealkylation sites (tertiary alicyclic amines) is 2. The molecule has 0 aliphatic carbocycles. The quantitative estimate of drug-likeness (QED) is 0.529. The van der Waals surface area contributed by atoms with E-state index in [1.54, 1.807) is 0 Å². The smallest absolute Gasteiger partial charge is 0.220 e. The number of carbonyl (C=O) groups excluding carboxylic acids is 2. The maximum Gasteiger partial charge on any atom is 0.220 e. The number of rotatable bonds is 11. The lowest BCUT2D eigenvalue weighted by molar-refractivity contribution is -0.123. The Morgan fingerprint density at radius 2 is 0.929 bits per heavy atom. The molecule has 0 spiro atoms. The second-order valence-electron chi connectivity index (χ2n) is 8.42. The monoisotopic (exact) mass is 394 g/mol. The highest BCUT2D eigenvalue weighted by Crippen LogP contribution is 2.09. The fourth-order valence-corrected chi connectivity index (χ4v) is 4.17. The summed E-state index contributed by atoms with van der Waals surface area (Å²) in [5.41, 5.74) is 0. The fraction of sp³-hybridized carbons (Fsp3) is 0.909. The molecule has 2 amide bonds. The Bertz CT molecular complexity index is 388. The van der Waals surface area contributed by atoms with Crippen LogP contribution in [0.15, 0.2) is 0 Å². The van der Waals surface area contributed by atoms with Gasteiger partial charge in [0.15, 0.2) is 0 Å². The third kappa shape index (κ3) is 11.0. The van der Waals surface area contributed by atoms with E-state index in [0.29, 0.717) is 12.8 Å². The zero-order chi connectivity index (χ0) is 19.9. The first-order chi connectivity index (χ1) is 13.7. The Hall–Kier alpha value is -1.14. The molecular weight excluding hydrogens is 352 g/mol. The molecule has 0 saturated carbocycles. The molecule has 2 saturated heterocycles. The number of carbonyl (C=O) groups is 2. The zero-order valence-electron chi connectivity index (χ0n) is 17.9. The van der Waals surface area contributed by atoms with Crippen molar-refractivity contribution in [2.75, 3.05) is 52.4 Å². The summed E-state index contributed by atoms with van der Waals surface area (Å²) in [4.78, 5) is 28.8. The van der Waals surface area contributed by atoms with Crippen molar-refractivity contribution in [3.05, 3.63) is 0 Å². The molecule has 2 aliphatic rings. The van der Waals surface area contributed by atoms with Crippen molar-refractivity contribution in [3.63, 3.8) is 0 Å². The zero-order valence-corrected chi connectivity index (χ0v) is 17.9. The SMILES string of the molecule is O=C(CCCCC(=O)NCCN1CCCCCC1)NCCN1CCCCCC1. The van der Waals surface area contributed by atoms with Crippen molar-refractivity contribution < 1.29 is 9.59 Å². The summed E-state index contributed by atoms with van der Waals surface area (Å²) in [7, 11) is 0. The van der Waals surface area contributed by atoms with Gasteiger partial charge in [-0.1, -0.05) is 25.7 Å². The van der Waals surface area contributed by atoms with Gasteiger partial charge < -0.3 is 20.4 Å². The van der Waals surface area contributed by atoms with Crippen LogP contribution in [-0.4, -0.2) is 74.0 Å². The van der Waals surface area contributed by atoms with E-state index in [2.05, 4.69) is 20.4 Å². The van der Waals surface area contributed by atoms with E-state index >= 15 is 0 Å². The van der Waals surface area contributed by atoms with Crippen LogP contribution in [0, 0.1) is 0 Å². The number of amides is 2. The van der Waals surface area contributed by atoms with Crippen LogP contribution in [0.3, 0.4) is 0 Å². The number of hydrogen-bond acceptors (Lipinski definition) is 4. The number of hydrogen-bond donors (Lipinski definition) is 2. The topological polar surface area (TPSA) is 64.7 Å². The van der Waals surface area contributed by atoms with Crippen LogP contribution < -0.4 is 10.6 Å². The summed E-state index contributed by atoms with van der Waals surface area (Å²) in [6.45, 7) is 8.10. The second kappa shape index (κ2) is 14.8. The molecule has 2 rings (SSSR count). The molecule has 2 heterocycles. The largest absolute Gasteiger partial charge is 0.355 e. The minimum Gasteiger partial charge on any atom is -0.355 e. The molecular formula is C22H42N4O2. The van der Waals surface area contributed by atoms with Gasteiger partial charge in [0.1, 0.15) is 0 Å². The van der Waals surface area contributed by atoms with Gasteiger partial charge in [-0.3, -0.25) is 9.59 Å². The maximum absolute atomic E-state index is 11.9. The second-order valence-corrected chi connectivity index (χ2v) is 8.42. The minimum atomic E-state index is 0.122. The average molecular weight is 395 g/mol. The van der Waals surface area contributed by atoms with Crippen LogP contribution >= 0.6 is 0 Å². The van der Waals surface area contributed by atoms with Gasteiger partial charge in [-0.05, 0) is 64.7 Å². The van der Waals surface area contributed by atoms with Gasteiger partial charge in [-0.15, -0.1) is 0 Å². The standard InChI is InChI=1S/C22H42N4O2/c27-21(23-13-19-25-15-7-1-2-8-16-25)11-5-6-12-22(28)24-14-20-26-17-9-3-4-10-18-26/h1-20H2,(H,23,27)(H,24,28). The fourth-order valence-electron chi connectivity index (χ4n) is 4.17. The van der Waals surface area contributed by atoms with Gasteiger partial charge in [-0.25, -0.2) is 0 Å². The molecule has 2 fully saturated rings. The molecule has 0 aromatic rings. The van der Waals surface area contributed by atoms with Crippen LogP contribution in [-0.2, 0) is 9.59 Å². The van der Waals surface area contributed by atoms with Crippen LogP contribution in [0.25, 0.3) is 0 Å². The maximum atomic E-state index is 11.9. The van der Waals surface area contributed by atoms with E-state index in [9.17, 15) is 9.59 Å². The highest BCUT2D eigenvalue weighted by molar-refractivity contribution is 5.77. The molecule has 2 aliphatic heterocycles. The van der Waals surface area contributed by atoms with Gasteiger partial charge in [0.2, 0.25) is 11.8 Å². The van der Waals surface area contributed by atoms with Crippen LogP contribution in [0.2, 0.25) is 0 Å². The predicted molar refractivity (Wildman–Crippen MR) is 114 cm³/mol. The Labute approximate surface area is 171 Å². The molecule has 0 atom stereocenters. The Morgan fingerprint density at radius 1 is 0.571 bits per heavy atom. The van der Waals surface area contributed by atoms with Gasteiger partial charge in [0.05, 0.1) is 0 Å². The molecule has 2 N–H and O–H groups in total. The molecule has 28 heavy (non-hydrogen) atoms. The first-order valence-electron chi connectivity index (χ1n) is 11.7. The lowest BCUT2D eigenvalue weighted by Crippen LogP contribution is -2.35. The summed E-state index contributed by atoms with van der Waals surface area (Å²) in [5, 5.41) is 6.06. The molecule has 6 heteroatoms. The lowest BCUT2D eigenvalue weighted by atomic mass is 10.2. The van der Waals surface area contributed by atoms with E-state index in [1.807, 2.05) is 0 Å². The molecule has 162 valence electrons. The summed E-state index contributed by atoms with van der Waals surface area (Å²) in [6.07, 6.45) is 13.1. The minimum absolute atomic E-state index is 0.122. The van der Waals surface area contributed by atoms with Crippen molar-refractivity contribution in [2.45, 2.75) is 77.0 Å². The van der Waals surface area contributed by atoms with Crippen LogP contribution in [0.1, 0.15) is 77.0 Å². The third-order valence-corrected chi connectivity index (χ3v) is 5.96. The molecule has 0 unspecified atom stereocenters. The highest BCUT2D eigenvalue weighted by atomic mass is 16.2. The Morgan fingerprint density at radius 3 is 1.29 bits per heavy atom. The number of nitrogens with zero attached hydrogens (tertiary/aromatic N) is 2. The van der Waals surface area contributed by atoms with E-state index in [1.165, 1.54) is 77.5 Å². The first kappa shape index (κ1) is 23.1. The van der Waals surface area contributed by atoms with Crippen molar-refractivity contribution in [1.29, 1.82) is 0 Å². The molecule has 6 nitrogen and oxygen atoms in total. The number of unbranched alkanes of at least 4 members (excludes halogenated alkanes) is 1. The normalized spacial score (nSPS) is 19.6. The van der Waals surface area contributed by atoms with Gasteiger partial charge in [0, 0.05) is 39.0 Å². The summed E-state index contributed by atoms with van der Waals surface area (Å²) in [6, 6.07) is 0. The summed E-state index contributed by atoms with van der Waals surface area (Å²) < 4.78 is 0. The first-order valence-corrected chi connectivity index (χ1v) is 11.7. The van der Waals surface area contributed by atoms with Crippen molar-refractivity contribution >= 4 is 11.8 Å². The molecule has 0 aromatic carbocycles. The molecule has 0 aromatic heterocycles. The van der Waals surface area contributed by atoms with Crippen LogP contribution in [0.4, 0.5) is 0 Å². The Kier molecular flexibility index (Phi) is 12.2. The van der Waals surface area contributed by atoms with Crippen LogP contribution in [0.5, 0.6) is 0 Å². The molecule has 0 radical (unpaired) electrons. The lowest BCUT2D eigenvalue weighted by Gasteiger charge is -2.19. The van der Waals surface area contributed by atoms with Crippen molar-refractivity contribution in [3.8, 4) is 0 Å². The third-order valence-electron chi connectivity index (χ3n) is 5.96.